The summed E-state index contributed by atoms with van der Waals surface area (Å²) in [4.78, 5) is 1.82. The molecule has 8 heteroatoms. The summed E-state index contributed by atoms with van der Waals surface area (Å²) in [7, 11) is -3.20. The first-order valence-electron chi connectivity index (χ1n) is 6.36. The smallest absolute Gasteiger partial charge is 0.169 e. The third-order valence-corrected chi connectivity index (χ3v) is 4.94. The maximum Gasteiger partial charge on any atom is 0.169 e. The molecule has 0 saturated carbocycles. The summed E-state index contributed by atoms with van der Waals surface area (Å²) >= 11 is 0. The molecule has 0 amide bonds. The van der Waals surface area contributed by atoms with Crippen molar-refractivity contribution < 1.29 is 8.42 Å². The minimum atomic E-state index is -3.20. The fraction of sp³-hybridized carbons (Fsp3) is 0.417. The first-order chi connectivity index (χ1) is 9.47. The topological polar surface area (TPSA) is 104 Å². The molecule has 20 heavy (non-hydrogen) atoms. The number of benzene rings is 1. The van der Waals surface area contributed by atoms with Crippen LogP contribution in [-0.4, -0.2) is 49.9 Å². The first-order valence-corrected chi connectivity index (χ1v) is 8.32. The molecule has 1 aliphatic heterocycles. The maximum atomic E-state index is 12.0. The summed E-state index contributed by atoms with van der Waals surface area (Å²) in [5.41, 5.74) is 7.29. The second-order valence-electron chi connectivity index (χ2n) is 5.03. The number of hydrogen-bond donors (Lipinski definition) is 3. The van der Waals surface area contributed by atoms with Crippen LogP contribution in [0.1, 0.15) is 0 Å². The van der Waals surface area contributed by atoms with E-state index in [1.807, 2.05) is 17.0 Å². The van der Waals surface area contributed by atoms with Crippen molar-refractivity contribution >= 4 is 32.2 Å². The lowest BCUT2D eigenvalue weighted by Crippen LogP contribution is -2.55. The van der Waals surface area contributed by atoms with Crippen molar-refractivity contribution in [1.82, 2.24) is 15.5 Å². The second kappa shape index (κ2) is 4.64. The molecule has 1 aromatic carbocycles. The molecule has 1 atom stereocenters. The van der Waals surface area contributed by atoms with Gasteiger partial charge in [-0.2, -0.15) is 5.10 Å². The molecule has 0 radical (unpaired) electrons. The number of piperazine rings is 1. The van der Waals surface area contributed by atoms with Crippen molar-refractivity contribution in [2.45, 2.75) is 5.37 Å². The van der Waals surface area contributed by atoms with Gasteiger partial charge in [-0.25, -0.2) is 8.42 Å². The van der Waals surface area contributed by atoms with Gasteiger partial charge in [0.2, 0.25) is 0 Å². The Balaban J connectivity index is 2.10. The minimum Gasteiger partial charge on any atom is -0.399 e. The first kappa shape index (κ1) is 13.2. The normalized spacial score (nSPS) is 20.4. The Morgan fingerprint density at radius 3 is 3.00 bits per heavy atom. The Labute approximate surface area is 117 Å². The van der Waals surface area contributed by atoms with E-state index in [4.69, 9.17) is 5.73 Å². The van der Waals surface area contributed by atoms with E-state index in [0.29, 0.717) is 24.6 Å². The van der Waals surface area contributed by atoms with Crippen molar-refractivity contribution in [1.29, 1.82) is 0 Å². The molecule has 4 N–H and O–H groups in total. The molecular formula is C12H17N5O2S. The van der Waals surface area contributed by atoms with Gasteiger partial charge in [0.05, 0.1) is 5.52 Å². The van der Waals surface area contributed by atoms with Crippen molar-refractivity contribution in [3.05, 3.63) is 18.2 Å². The molecule has 1 unspecified atom stereocenters. The summed E-state index contributed by atoms with van der Waals surface area (Å²) in [6.45, 7) is 1.71. The van der Waals surface area contributed by atoms with Crippen LogP contribution < -0.4 is 16.0 Å². The number of rotatable bonds is 2. The molecule has 3 rings (SSSR count). The Morgan fingerprint density at radius 2 is 2.25 bits per heavy atom. The highest BCUT2D eigenvalue weighted by atomic mass is 32.2. The third kappa shape index (κ3) is 2.20. The molecule has 0 bridgehead atoms. The second-order valence-corrected chi connectivity index (χ2v) is 7.24. The van der Waals surface area contributed by atoms with Gasteiger partial charge in [0, 0.05) is 37.0 Å². The van der Waals surface area contributed by atoms with E-state index in [2.05, 4.69) is 15.5 Å². The molecule has 2 heterocycles. The van der Waals surface area contributed by atoms with Crippen molar-refractivity contribution in [2.75, 3.05) is 36.5 Å². The van der Waals surface area contributed by atoms with Gasteiger partial charge < -0.3 is 16.0 Å². The van der Waals surface area contributed by atoms with Crippen LogP contribution in [0.3, 0.4) is 0 Å². The number of nitrogens with zero attached hydrogens (tertiary/aromatic N) is 2. The van der Waals surface area contributed by atoms with E-state index in [0.717, 1.165) is 17.4 Å². The maximum absolute atomic E-state index is 12.0. The van der Waals surface area contributed by atoms with Crippen LogP contribution in [0, 0.1) is 0 Å². The minimum absolute atomic E-state index is 0.398. The molecule has 2 aromatic rings. The van der Waals surface area contributed by atoms with Crippen LogP contribution >= 0.6 is 0 Å². The lowest BCUT2D eigenvalue weighted by Gasteiger charge is -2.35. The number of fused-ring (bicyclic) bond motifs is 1. The highest BCUT2D eigenvalue weighted by molar-refractivity contribution is 7.91. The zero-order valence-corrected chi connectivity index (χ0v) is 11.9. The molecule has 1 saturated heterocycles. The highest BCUT2D eigenvalue weighted by Gasteiger charge is 2.32. The van der Waals surface area contributed by atoms with E-state index >= 15 is 0 Å². The van der Waals surface area contributed by atoms with Gasteiger partial charge in [0.25, 0.3) is 0 Å². The van der Waals surface area contributed by atoms with Gasteiger partial charge >= 0.3 is 0 Å². The molecular weight excluding hydrogens is 278 g/mol. The van der Waals surface area contributed by atoms with Crippen molar-refractivity contribution in [3.63, 3.8) is 0 Å². The monoisotopic (exact) mass is 295 g/mol. The predicted octanol–water partition coefficient (Wildman–Crippen LogP) is -0.0746. The van der Waals surface area contributed by atoms with Gasteiger partial charge in [-0.1, -0.05) is 0 Å². The molecule has 7 nitrogen and oxygen atoms in total. The Kier molecular flexibility index (Phi) is 3.06. The van der Waals surface area contributed by atoms with Gasteiger partial charge in [0.15, 0.2) is 15.7 Å². The molecule has 108 valence electrons. The number of sulfone groups is 1. The van der Waals surface area contributed by atoms with Crippen LogP contribution in [0.15, 0.2) is 18.2 Å². The van der Waals surface area contributed by atoms with Gasteiger partial charge in [-0.05, 0) is 18.2 Å². The highest BCUT2D eigenvalue weighted by Crippen LogP contribution is 2.28. The summed E-state index contributed by atoms with van der Waals surface area (Å²) in [5.74, 6) is 0.643. The van der Waals surface area contributed by atoms with Crippen LogP contribution in [0.25, 0.3) is 10.9 Å². The molecule has 1 fully saturated rings. The quantitative estimate of drug-likeness (QED) is 0.670. The van der Waals surface area contributed by atoms with Crippen molar-refractivity contribution in [3.8, 4) is 0 Å². The van der Waals surface area contributed by atoms with Crippen molar-refractivity contribution in [2.24, 2.45) is 0 Å². The van der Waals surface area contributed by atoms with Gasteiger partial charge in [0.1, 0.15) is 5.37 Å². The van der Waals surface area contributed by atoms with Gasteiger partial charge in [-0.15, -0.1) is 0 Å². The zero-order chi connectivity index (χ0) is 14.3. The third-order valence-electron chi connectivity index (χ3n) is 3.53. The molecule has 0 aliphatic carbocycles. The van der Waals surface area contributed by atoms with E-state index in [9.17, 15) is 8.42 Å². The summed E-state index contributed by atoms with van der Waals surface area (Å²) in [6.07, 6.45) is 1.25. The standard InChI is InChI=1S/C12H17N5O2S/c1-20(18,19)11-7-14-4-5-17(11)12-9-6-8(13)2-3-10(9)15-16-12/h2-3,6,11,14H,4-5,7,13H2,1H3,(H,15,16). The average Bonchev–Trinajstić information content (AvgIpc) is 2.80. The Morgan fingerprint density at radius 1 is 1.45 bits per heavy atom. The van der Waals surface area contributed by atoms with Crippen LogP contribution in [-0.2, 0) is 9.84 Å². The number of H-pyrrole nitrogens is 1. The number of aromatic nitrogens is 2. The SMILES string of the molecule is CS(=O)(=O)C1CNCCN1c1n[nH]c2ccc(N)cc12. The largest absolute Gasteiger partial charge is 0.399 e. The molecule has 0 spiro atoms. The van der Waals surface area contributed by atoms with E-state index in [-0.39, 0.29) is 0 Å². The summed E-state index contributed by atoms with van der Waals surface area (Å²) < 4.78 is 23.9. The average molecular weight is 295 g/mol. The van der Waals surface area contributed by atoms with E-state index in [1.165, 1.54) is 6.26 Å². The predicted molar refractivity (Wildman–Crippen MR) is 79.4 cm³/mol. The van der Waals surface area contributed by atoms with Crippen LogP contribution in [0.2, 0.25) is 0 Å². The number of nitrogens with one attached hydrogen (secondary N) is 2. The van der Waals surface area contributed by atoms with E-state index < -0.39 is 15.2 Å². The summed E-state index contributed by atoms with van der Waals surface area (Å²) in [5, 5.41) is 10.5. The number of nitrogen functional groups attached to an aromatic ring is 1. The number of nitrogens with two attached hydrogens (primary N) is 1. The fourth-order valence-corrected chi connectivity index (χ4v) is 3.63. The Bertz CT molecular complexity index is 739. The lowest BCUT2D eigenvalue weighted by atomic mass is 10.2. The molecule has 1 aliphatic rings. The fourth-order valence-electron chi connectivity index (χ4n) is 2.54. The lowest BCUT2D eigenvalue weighted by molar-refractivity contribution is 0.519. The number of anilines is 2. The van der Waals surface area contributed by atoms with Crippen LogP contribution in [0.4, 0.5) is 11.5 Å². The van der Waals surface area contributed by atoms with Crippen LogP contribution in [0.5, 0.6) is 0 Å². The summed E-state index contributed by atoms with van der Waals surface area (Å²) in [6, 6.07) is 5.45. The van der Waals surface area contributed by atoms with Gasteiger partial charge in [-0.3, -0.25) is 5.10 Å². The Hall–Kier alpha value is -1.80. The zero-order valence-electron chi connectivity index (χ0n) is 11.1. The van der Waals surface area contributed by atoms with E-state index in [1.54, 1.807) is 6.07 Å². The number of hydrogen-bond acceptors (Lipinski definition) is 6. The molecule has 1 aromatic heterocycles. The number of aromatic amines is 1.